The molecule has 0 aliphatic rings. The second-order valence-corrected chi connectivity index (χ2v) is 4.55. The van der Waals surface area contributed by atoms with E-state index in [-0.39, 0.29) is 0 Å². The second-order valence-electron chi connectivity index (χ2n) is 4.14. The molecule has 2 N–H and O–H groups in total. The Bertz CT molecular complexity index is 576. The molecule has 1 heterocycles. The van der Waals surface area contributed by atoms with Gasteiger partial charge in [0.25, 0.3) is 0 Å². The predicted octanol–water partition coefficient (Wildman–Crippen LogP) is 2.21. The summed E-state index contributed by atoms with van der Waals surface area (Å²) in [6, 6.07) is 5.59. The van der Waals surface area contributed by atoms with Crippen molar-refractivity contribution >= 4 is 23.3 Å². The summed E-state index contributed by atoms with van der Waals surface area (Å²) >= 11 is 5.96. The predicted molar refractivity (Wildman–Crippen MR) is 79.2 cm³/mol. The highest BCUT2D eigenvalue weighted by Crippen LogP contribution is 2.28. The lowest BCUT2D eigenvalue weighted by molar-refractivity contribution is 0.198. The smallest absolute Gasteiger partial charge is 0.320 e. The molecular formula is C13H17ClN4O3. The number of benzene rings is 1. The molecule has 0 spiro atoms. The Morgan fingerprint density at radius 3 is 2.90 bits per heavy atom. The molecule has 0 unspecified atom stereocenters. The zero-order chi connectivity index (χ0) is 15.1. The van der Waals surface area contributed by atoms with Gasteiger partial charge in [0.1, 0.15) is 5.75 Å². The molecule has 0 fully saturated rings. The van der Waals surface area contributed by atoms with E-state index in [9.17, 15) is 0 Å². The Hall–Kier alpha value is -1.83. The molecular weight excluding hydrogens is 296 g/mol. The standard InChI is InChI=1S/C13H17ClN4O3/c1-19-6-5-15-8-12-17-18-13(21-12)16-9-3-4-10(14)11(7-9)20-2/h3-4,7,15H,5-6,8H2,1-2H3,(H,16,18). The van der Waals surface area contributed by atoms with Crippen molar-refractivity contribution in [3.8, 4) is 5.75 Å². The number of nitrogens with zero attached hydrogens (tertiary/aromatic N) is 2. The lowest BCUT2D eigenvalue weighted by atomic mass is 10.3. The average Bonchev–Trinajstić information content (AvgIpc) is 2.93. The molecule has 2 aromatic rings. The van der Waals surface area contributed by atoms with Gasteiger partial charge in [0, 0.05) is 25.4 Å². The Morgan fingerprint density at radius 2 is 2.14 bits per heavy atom. The fourth-order valence-electron chi connectivity index (χ4n) is 1.61. The minimum atomic E-state index is 0.308. The van der Waals surface area contributed by atoms with Crippen LogP contribution in [-0.4, -0.2) is 37.6 Å². The first kappa shape index (κ1) is 15.6. The van der Waals surface area contributed by atoms with Crippen LogP contribution in [0.15, 0.2) is 22.6 Å². The summed E-state index contributed by atoms with van der Waals surface area (Å²) in [4.78, 5) is 0. The Kier molecular flexibility index (Phi) is 5.79. The van der Waals surface area contributed by atoms with Crippen LogP contribution in [0, 0.1) is 0 Å². The highest BCUT2D eigenvalue weighted by molar-refractivity contribution is 6.32. The summed E-state index contributed by atoms with van der Waals surface area (Å²) in [5.41, 5.74) is 0.749. The minimum Gasteiger partial charge on any atom is -0.495 e. The average molecular weight is 313 g/mol. The van der Waals surface area contributed by atoms with Crippen LogP contribution in [0.4, 0.5) is 11.7 Å². The third-order valence-corrected chi connectivity index (χ3v) is 2.94. The molecule has 0 bridgehead atoms. The second kappa shape index (κ2) is 7.82. The molecule has 0 aliphatic heterocycles. The number of rotatable bonds is 8. The summed E-state index contributed by atoms with van der Waals surface area (Å²) in [6.07, 6.45) is 0. The highest BCUT2D eigenvalue weighted by atomic mass is 35.5. The number of ether oxygens (including phenoxy) is 2. The molecule has 0 saturated heterocycles. The van der Waals surface area contributed by atoms with Gasteiger partial charge in [-0.25, -0.2) is 0 Å². The molecule has 7 nitrogen and oxygen atoms in total. The number of methoxy groups -OCH3 is 2. The van der Waals surface area contributed by atoms with Crippen molar-refractivity contribution in [1.82, 2.24) is 15.5 Å². The number of halogens is 1. The molecule has 0 aliphatic carbocycles. The van der Waals surface area contributed by atoms with Crippen molar-refractivity contribution in [2.24, 2.45) is 0 Å². The van der Waals surface area contributed by atoms with E-state index in [0.29, 0.717) is 35.8 Å². The van der Waals surface area contributed by atoms with Crippen LogP contribution < -0.4 is 15.4 Å². The zero-order valence-corrected chi connectivity index (χ0v) is 12.6. The first-order valence-corrected chi connectivity index (χ1v) is 6.73. The first-order valence-electron chi connectivity index (χ1n) is 6.35. The van der Waals surface area contributed by atoms with Crippen LogP contribution in [-0.2, 0) is 11.3 Å². The third kappa shape index (κ3) is 4.59. The number of anilines is 2. The molecule has 0 saturated carbocycles. The molecule has 0 atom stereocenters. The van der Waals surface area contributed by atoms with Gasteiger partial charge in [-0.15, -0.1) is 5.10 Å². The van der Waals surface area contributed by atoms with Crippen LogP contribution in [0.25, 0.3) is 0 Å². The van der Waals surface area contributed by atoms with Gasteiger partial charge in [0.15, 0.2) is 0 Å². The monoisotopic (exact) mass is 312 g/mol. The summed E-state index contributed by atoms with van der Waals surface area (Å²) in [5, 5.41) is 14.5. The van der Waals surface area contributed by atoms with Crippen LogP contribution >= 0.6 is 11.6 Å². The zero-order valence-electron chi connectivity index (χ0n) is 11.9. The Balaban J connectivity index is 1.92. The van der Waals surface area contributed by atoms with E-state index in [4.69, 9.17) is 25.5 Å². The van der Waals surface area contributed by atoms with Gasteiger partial charge in [-0.05, 0) is 12.1 Å². The van der Waals surface area contributed by atoms with Crippen LogP contribution in [0.5, 0.6) is 5.75 Å². The molecule has 2 rings (SSSR count). The van der Waals surface area contributed by atoms with Crippen molar-refractivity contribution in [3.05, 3.63) is 29.1 Å². The van der Waals surface area contributed by atoms with E-state index in [0.717, 1.165) is 12.2 Å². The van der Waals surface area contributed by atoms with E-state index in [1.54, 1.807) is 32.4 Å². The molecule has 1 aromatic heterocycles. The number of hydrogen-bond donors (Lipinski definition) is 2. The first-order chi connectivity index (χ1) is 10.2. The summed E-state index contributed by atoms with van der Waals surface area (Å²) in [5.74, 6) is 1.07. The number of hydrogen-bond acceptors (Lipinski definition) is 7. The number of nitrogens with one attached hydrogen (secondary N) is 2. The van der Waals surface area contributed by atoms with E-state index in [1.165, 1.54) is 0 Å². The van der Waals surface area contributed by atoms with E-state index >= 15 is 0 Å². The lowest BCUT2D eigenvalue weighted by Crippen LogP contribution is -2.18. The van der Waals surface area contributed by atoms with Crippen LogP contribution in [0.3, 0.4) is 0 Å². The summed E-state index contributed by atoms with van der Waals surface area (Å²) in [7, 11) is 3.21. The van der Waals surface area contributed by atoms with Crippen LogP contribution in [0.2, 0.25) is 5.02 Å². The quantitative estimate of drug-likeness (QED) is 0.723. The Morgan fingerprint density at radius 1 is 1.29 bits per heavy atom. The summed E-state index contributed by atoms with van der Waals surface area (Å²) in [6.45, 7) is 1.84. The van der Waals surface area contributed by atoms with Crippen molar-refractivity contribution in [2.75, 3.05) is 32.7 Å². The van der Waals surface area contributed by atoms with E-state index < -0.39 is 0 Å². The minimum absolute atomic E-state index is 0.308. The topological polar surface area (TPSA) is 81.4 Å². The normalized spacial score (nSPS) is 10.6. The van der Waals surface area contributed by atoms with Gasteiger partial charge in [0.2, 0.25) is 5.89 Å². The maximum Gasteiger partial charge on any atom is 0.320 e. The molecule has 0 amide bonds. The van der Waals surface area contributed by atoms with Gasteiger partial charge in [-0.1, -0.05) is 16.7 Å². The highest BCUT2D eigenvalue weighted by Gasteiger charge is 2.07. The third-order valence-electron chi connectivity index (χ3n) is 2.63. The SMILES string of the molecule is COCCNCc1nnc(Nc2ccc(Cl)c(OC)c2)o1. The van der Waals surface area contributed by atoms with Crippen molar-refractivity contribution in [2.45, 2.75) is 6.54 Å². The molecule has 1 aromatic carbocycles. The van der Waals surface area contributed by atoms with Gasteiger partial charge < -0.3 is 24.5 Å². The largest absolute Gasteiger partial charge is 0.495 e. The fourth-order valence-corrected chi connectivity index (χ4v) is 1.80. The molecule has 114 valence electrons. The van der Waals surface area contributed by atoms with Gasteiger partial charge >= 0.3 is 6.01 Å². The maximum absolute atomic E-state index is 5.96. The fraction of sp³-hybridized carbons (Fsp3) is 0.385. The molecule has 21 heavy (non-hydrogen) atoms. The lowest BCUT2D eigenvalue weighted by Gasteiger charge is -2.06. The van der Waals surface area contributed by atoms with Crippen molar-refractivity contribution < 1.29 is 13.9 Å². The number of aromatic nitrogens is 2. The maximum atomic E-state index is 5.96. The van der Waals surface area contributed by atoms with Gasteiger partial charge in [0.05, 0.1) is 25.3 Å². The van der Waals surface area contributed by atoms with E-state index in [2.05, 4.69) is 20.8 Å². The Labute approximate surface area is 127 Å². The van der Waals surface area contributed by atoms with Crippen molar-refractivity contribution in [3.63, 3.8) is 0 Å². The molecule has 8 heteroatoms. The van der Waals surface area contributed by atoms with Gasteiger partial charge in [-0.2, -0.15) is 0 Å². The van der Waals surface area contributed by atoms with E-state index in [1.807, 2.05) is 0 Å². The summed E-state index contributed by atoms with van der Waals surface area (Å²) < 4.78 is 15.5. The van der Waals surface area contributed by atoms with Crippen molar-refractivity contribution in [1.29, 1.82) is 0 Å². The van der Waals surface area contributed by atoms with Gasteiger partial charge in [-0.3, -0.25) is 0 Å². The molecule has 0 radical (unpaired) electrons. The van der Waals surface area contributed by atoms with Crippen LogP contribution in [0.1, 0.15) is 5.89 Å².